The lowest BCUT2D eigenvalue weighted by Crippen LogP contribution is -2.37. The smallest absolute Gasteiger partial charge is 0.417 e. The van der Waals surface area contributed by atoms with Crippen molar-refractivity contribution in [2.75, 3.05) is 41.9 Å². The van der Waals surface area contributed by atoms with E-state index in [1.165, 1.54) is 55.7 Å². The first-order valence-corrected chi connectivity index (χ1v) is 13.5. The zero-order chi connectivity index (χ0) is 31.3. The molecule has 0 amide bonds. The number of pyridine rings is 1. The molecule has 1 fully saturated rings. The number of hydrogen-bond donors (Lipinski definition) is 3. The molecule has 1 atom stereocenters. The molecule has 0 radical (unpaired) electrons. The summed E-state index contributed by atoms with van der Waals surface area (Å²) < 4.78 is 61.6. The van der Waals surface area contributed by atoms with Crippen molar-refractivity contribution in [3.8, 4) is 11.1 Å². The highest BCUT2D eigenvalue weighted by atomic mass is 19.4. The molecule has 0 saturated carbocycles. The quantitative estimate of drug-likeness (QED) is 0.121. The minimum absolute atomic E-state index is 0.0306. The van der Waals surface area contributed by atoms with E-state index in [1.807, 2.05) is 0 Å². The molecule has 1 saturated heterocycles. The standard InChI is InChI=1S/C30H27F4N7O3/c1-18(28(42)43)19-2-4-20(5-3-19)24-9-8-21(14-25(24)30(32,33)34)38-23-7-6-22(35-15-23)16-37-40-29-36-17-26(31)27(39-29)41-10-12-44-13-11-41/h2-9,14-18,38H,10-13H2,1H3,(H,42,43)(H,36,39,40)/b37-16+. The molecule has 5 rings (SSSR count). The first kappa shape index (κ1) is 30.4. The van der Waals surface area contributed by atoms with Crippen molar-refractivity contribution in [2.24, 2.45) is 5.10 Å². The van der Waals surface area contributed by atoms with Gasteiger partial charge in [0.25, 0.3) is 0 Å². The maximum absolute atomic E-state index is 14.2. The number of hydrazone groups is 1. The highest BCUT2D eigenvalue weighted by Crippen LogP contribution is 2.39. The molecule has 1 aliphatic rings. The van der Waals surface area contributed by atoms with Crippen LogP contribution in [0.1, 0.15) is 29.7 Å². The Morgan fingerprint density at radius 1 is 1.05 bits per heavy atom. The summed E-state index contributed by atoms with van der Waals surface area (Å²) in [7, 11) is 0. The molecule has 14 heteroatoms. The number of alkyl halides is 3. The highest BCUT2D eigenvalue weighted by Gasteiger charge is 2.34. The van der Waals surface area contributed by atoms with Crippen LogP contribution in [0.5, 0.6) is 0 Å². The molecule has 4 aromatic rings. The van der Waals surface area contributed by atoms with Crippen molar-refractivity contribution >= 4 is 35.3 Å². The molecule has 10 nitrogen and oxygen atoms in total. The minimum atomic E-state index is -4.64. The number of aromatic nitrogens is 3. The Labute approximate surface area is 249 Å². The summed E-state index contributed by atoms with van der Waals surface area (Å²) in [6.07, 6.45) is -0.744. The van der Waals surface area contributed by atoms with E-state index in [9.17, 15) is 27.5 Å². The molecule has 1 aliphatic heterocycles. The molecular formula is C30H27F4N7O3. The van der Waals surface area contributed by atoms with Crippen LogP contribution in [0.2, 0.25) is 0 Å². The van der Waals surface area contributed by atoms with Gasteiger partial charge in [-0.2, -0.15) is 23.3 Å². The Morgan fingerprint density at radius 3 is 2.43 bits per heavy atom. The molecule has 0 spiro atoms. The predicted octanol–water partition coefficient (Wildman–Crippen LogP) is 5.91. The number of aliphatic carboxylic acids is 1. The number of carboxylic acid groups (broad SMARTS) is 1. The third-order valence-electron chi connectivity index (χ3n) is 6.89. The van der Waals surface area contributed by atoms with Crippen molar-refractivity contribution in [1.82, 2.24) is 15.0 Å². The van der Waals surface area contributed by atoms with E-state index in [2.05, 4.69) is 30.8 Å². The largest absolute Gasteiger partial charge is 0.481 e. The van der Waals surface area contributed by atoms with Gasteiger partial charge in [-0.25, -0.2) is 14.8 Å². The predicted molar refractivity (Wildman–Crippen MR) is 157 cm³/mol. The van der Waals surface area contributed by atoms with Gasteiger partial charge in [0, 0.05) is 18.8 Å². The summed E-state index contributed by atoms with van der Waals surface area (Å²) >= 11 is 0. The topological polar surface area (TPSA) is 125 Å². The molecule has 1 unspecified atom stereocenters. The monoisotopic (exact) mass is 609 g/mol. The second kappa shape index (κ2) is 13.0. The lowest BCUT2D eigenvalue weighted by atomic mass is 9.95. The summed E-state index contributed by atoms with van der Waals surface area (Å²) in [5, 5.41) is 16.2. The van der Waals surface area contributed by atoms with Crippen molar-refractivity contribution < 1.29 is 32.2 Å². The zero-order valence-corrected chi connectivity index (χ0v) is 23.3. The number of carboxylic acids is 1. The normalized spacial score (nSPS) is 14.4. The Bertz CT molecular complexity index is 1640. The van der Waals surface area contributed by atoms with Crippen LogP contribution in [0.15, 0.2) is 72.1 Å². The van der Waals surface area contributed by atoms with Gasteiger partial charge in [-0.3, -0.25) is 9.78 Å². The number of rotatable bonds is 9. The van der Waals surface area contributed by atoms with E-state index < -0.39 is 29.4 Å². The molecule has 3 heterocycles. The van der Waals surface area contributed by atoms with Crippen LogP contribution < -0.4 is 15.6 Å². The van der Waals surface area contributed by atoms with Gasteiger partial charge in [0.05, 0.1) is 54.7 Å². The highest BCUT2D eigenvalue weighted by molar-refractivity contribution is 5.79. The molecule has 44 heavy (non-hydrogen) atoms. The molecule has 2 aromatic carbocycles. The van der Waals surface area contributed by atoms with Gasteiger partial charge in [-0.15, -0.1) is 0 Å². The maximum atomic E-state index is 14.2. The summed E-state index contributed by atoms with van der Waals surface area (Å²) in [5.41, 5.74) is 3.65. The number of nitrogens with zero attached hydrogens (tertiary/aromatic N) is 5. The third kappa shape index (κ3) is 7.26. The Kier molecular flexibility index (Phi) is 8.99. The van der Waals surface area contributed by atoms with E-state index in [0.717, 1.165) is 12.3 Å². The van der Waals surface area contributed by atoms with Gasteiger partial charge in [0.2, 0.25) is 5.95 Å². The summed E-state index contributed by atoms with van der Waals surface area (Å²) in [6, 6.07) is 13.1. The molecule has 2 aromatic heterocycles. The second-order valence-electron chi connectivity index (χ2n) is 9.87. The lowest BCUT2D eigenvalue weighted by molar-refractivity contribution is -0.138. The van der Waals surface area contributed by atoms with Crippen molar-refractivity contribution in [3.63, 3.8) is 0 Å². The molecule has 228 valence electrons. The lowest BCUT2D eigenvalue weighted by Gasteiger charge is -2.27. The Morgan fingerprint density at radius 2 is 1.77 bits per heavy atom. The van der Waals surface area contributed by atoms with Gasteiger partial charge >= 0.3 is 12.1 Å². The maximum Gasteiger partial charge on any atom is 0.417 e. The van der Waals surface area contributed by atoms with Crippen molar-refractivity contribution in [3.05, 3.63) is 89.6 Å². The number of ether oxygens (including phenoxy) is 1. The van der Waals surface area contributed by atoms with Crippen molar-refractivity contribution in [2.45, 2.75) is 19.0 Å². The fourth-order valence-corrected chi connectivity index (χ4v) is 4.49. The number of nitrogens with one attached hydrogen (secondary N) is 2. The fourth-order valence-electron chi connectivity index (χ4n) is 4.49. The fraction of sp³-hybridized carbons (Fsp3) is 0.233. The second-order valence-corrected chi connectivity index (χ2v) is 9.87. The van der Waals surface area contributed by atoms with Gasteiger partial charge in [-0.1, -0.05) is 30.3 Å². The van der Waals surface area contributed by atoms with Crippen LogP contribution in [-0.2, 0) is 15.7 Å². The van der Waals surface area contributed by atoms with Crippen LogP contribution >= 0.6 is 0 Å². The van der Waals surface area contributed by atoms with Crippen LogP contribution in [-0.4, -0.2) is 58.5 Å². The Hall–Kier alpha value is -5.11. The SMILES string of the molecule is CC(C(=O)O)c1ccc(-c2ccc(Nc3ccc(/C=N/Nc4ncc(F)c(N5CCOCC5)n4)nc3)cc2C(F)(F)F)cc1. The number of hydrogen-bond acceptors (Lipinski definition) is 9. The van der Waals surface area contributed by atoms with Crippen LogP contribution in [0, 0.1) is 5.82 Å². The summed E-state index contributed by atoms with van der Waals surface area (Å²) in [5.74, 6) is -2.10. The number of halogens is 4. The van der Waals surface area contributed by atoms with Gasteiger partial charge < -0.3 is 20.1 Å². The summed E-state index contributed by atoms with van der Waals surface area (Å²) in [6.45, 7) is 3.47. The average Bonchev–Trinajstić information content (AvgIpc) is 3.02. The van der Waals surface area contributed by atoms with Crippen molar-refractivity contribution in [1.29, 1.82) is 0 Å². The number of carbonyl (C=O) groups is 1. The average molecular weight is 610 g/mol. The van der Waals surface area contributed by atoms with Crippen LogP contribution in [0.4, 0.5) is 40.7 Å². The molecule has 0 aliphatic carbocycles. The Balaban J connectivity index is 1.25. The van der Waals surface area contributed by atoms with Gasteiger partial charge in [0.15, 0.2) is 11.6 Å². The van der Waals surface area contributed by atoms with Gasteiger partial charge in [0.1, 0.15) is 0 Å². The van der Waals surface area contributed by atoms with Gasteiger partial charge in [-0.05, 0) is 47.9 Å². The number of anilines is 4. The first-order chi connectivity index (χ1) is 21.1. The summed E-state index contributed by atoms with van der Waals surface area (Å²) in [4.78, 5) is 25.3. The van der Waals surface area contributed by atoms with E-state index in [0.29, 0.717) is 48.8 Å². The minimum Gasteiger partial charge on any atom is -0.481 e. The molecular weight excluding hydrogens is 582 g/mol. The first-order valence-electron chi connectivity index (χ1n) is 13.5. The van der Waals surface area contributed by atoms with E-state index in [1.54, 1.807) is 17.0 Å². The van der Waals surface area contributed by atoms with Crippen LogP contribution in [0.3, 0.4) is 0 Å². The van der Waals surface area contributed by atoms with E-state index in [4.69, 9.17) is 4.74 Å². The van der Waals surface area contributed by atoms with Crippen LogP contribution in [0.25, 0.3) is 11.1 Å². The number of benzene rings is 2. The zero-order valence-electron chi connectivity index (χ0n) is 23.3. The van der Waals surface area contributed by atoms with E-state index in [-0.39, 0.29) is 23.0 Å². The molecule has 3 N–H and O–H groups in total. The van der Waals surface area contributed by atoms with E-state index >= 15 is 0 Å². The third-order valence-corrected chi connectivity index (χ3v) is 6.89. The molecule has 0 bridgehead atoms. The number of morpholine rings is 1.